The van der Waals surface area contributed by atoms with Gasteiger partial charge in [-0.2, -0.15) is 0 Å². The molecule has 6 atom stereocenters. The van der Waals surface area contributed by atoms with Crippen molar-refractivity contribution in [3.8, 4) is 0 Å². The van der Waals surface area contributed by atoms with Gasteiger partial charge in [-0.1, -0.05) is 18.2 Å². The van der Waals surface area contributed by atoms with Gasteiger partial charge >= 0.3 is 11.9 Å². The van der Waals surface area contributed by atoms with Crippen molar-refractivity contribution < 1.29 is 33.3 Å². The van der Waals surface area contributed by atoms with Gasteiger partial charge in [-0.25, -0.2) is 9.59 Å². The molecule has 6 unspecified atom stereocenters. The van der Waals surface area contributed by atoms with Crippen LogP contribution in [0.3, 0.4) is 0 Å². The van der Waals surface area contributed by atoms with Crippen molar-refractivity contribution in [1.82, 2.24) is 0 Å². The molecular weight excluding hydrogens is 388 g/mol. The van der Waals surface area contributed by atoms with Crippen LogP contribution in [0.15, 0.2) is 35.5 Å². The topological polar surface area (TPSA) is 83.6 Å². The van der Waals surface area contributed by atoms with Crippen molar-refractivity contribution in [1.29, 1.82) is 0 Å². The molecule has 3 aliphatic heterocycles. The van der Waals surface area contributed by atoms with Gasteiger partial charge in [-0.3, -0.25) is 0 Å². The third-order valence-corrected chi connectivity index (χ3v) is 7.26. The van der Waals surface area contributed by atoms with E-state index in [0.29, 0.717) is 24.2 Å². The zero-order chi connectivity index (χ0) is 21.3. The molecule has 0 radical (unpaired) electrons. The standard InChI is InChI=1S/C23H28O7/c1-12-5-6-15-17(12)19-18(13(2)20(24)30-19)16(9-23(15)11-28-23)29-21(25)14-7-8-26-22(3,4)27-10-14/h5,7,15-19H,2,6,8-11H2,1,3-4H3. The molecule has 7 nitrogen and oxygen atoms in total. The minimum Gasteiger partial charge on any atom is -0.458 e. The van der Waals surface area contributed by atoms with E-state index in [1.165, 1.54) is 5.57 Å². The molecule has 5 rings (SSSR count). The van der Waals surface area contributed by atoms with E-state index in [0.717, 1.165) is 6.42 Å². The van der Waals surface area contributed by atoms with Gasteiger partial charge < -0.3 is 23.7 Å². The Labute approximate surface area is 176 Å². The van der Waals surface area contributed by atoms with Crippen LogP contribution in [0.25, 0.3) is 0 Å². The lowest BCUT2D eigenvalue weighted by Gasteiger charge is -2.29. The molecule has 1 spiro atoms. The number of epoxide rings is 1. The summed E-state index contributed by atoms with van der Waals surface area (Å²) in [7, 11) is 0. The number of carbonyl (C=O) groups excluding carboxylic acids is 2. The van der Waals surface area contributed by atoms with Gasteiger partial charge in [0.05, 0.1) is 36.9 Å². The first kappa shape index (κ1) is 20.0. The molecule has 0 aromatic heterocycles. The molecule has 5 aliphatic rings. The molecule has 2 aliphatic carbocycles. The molecule has 2 saturated heterocycles. The normalized spacial score (nSPS) is 41.8. The van der Waals surface area contributed by atoms with E-state index >= 15 is 0 Å². The summed E-state index contributed by atoms with van der Waals surface area (Å²) in [5, 5.41) is 0. The van der Waals surface area contributed by atoms with Crippen molar-refractivity contribution in [3.05, 3.63) is 35.5 Å². The van der Waals surface area contributed by atoms with Gasteiger partial charge in [0.2, 0.25) is 0 Å². The molecule has 0 aromatic carbocycles. The molecule has 1 saturated carbocycles. The van der Waals surface area contributed by atoms with E-state index in [4.69, 9.17) is 23.7 Å². The molecule has 3 fully saturated rings. The fraction of sp³-hybridized carbons (Fsp3) is 0.652. The van der Waals surface area contributed by atoms with Crippen LogP contribution < -0.4 is 0 Å². The summed E-state index contributed by atoms with van der Waals surface area (Å²) < 4.78 is 29.0. The molecule has 0 N–H and O–H groups in total. The lowest BCUT2D eigenvalue weighted by Crippen LogP contribution is -2.36. The quantitative estimate of drug-likeness (QED) is 0.296. The Hall–Kier alpha value is -1.96. The minimum atomic E-state index is -0.765. The van der Waals surface area contributed by atoms with Gasteiger partial charge in [0.25, 0.3) is 0 Å². The lowest BCUT2D eigenvalue weighted by atomic mass is 9.78. The van der Waals surface area contributed by atoms with Crippen LogP contribution in [0.5, 0.6) is 0 Å². The summed E-state index contributed by atoms with van der Waals surface area (Å²) in [5.74, 6) is -1.70. The zero-order valence-electron chi connectivity index (χ0n) is 17.6. The van der Waals surface area contributed by atoms with Crippen LogP contribution in [-0.4, -0.2) is 55.4 Å². The van der Waals surface area contributed by atoms with E-state index in [-0.39, 0.29) is 42.7 Å². The number of fused-ring (bicyclic) bond motifs is 4. The Balaban J connectivity index is 1.42. The summed E-state index contributed by atoms with van der Waals surface area (Å²) in [5.41, 5.74) is 1.67. The summed E-state index contributed by atoms with van der Waals surface area (Å²) in [6.45, 7) is 10.7. The Kier molecular flexibility index (Phi) is 4.51. The number of rotatable bonds is 2. The fourth-order valence-corrected chi connectivity index (χ4v) is 5.49. The predicted octanol–water partition coefficient (Wildman–Crippen LogP) is 2.46. The highest BCUT2D eigenvalue weighted by atomic mass is 16.7. The van der Waals surface area contributed by atoms with Crippen LogP contribution in [0.1, 0.15) is 33.6 Å². The number of hydrogen-bond acceptors (Lipinski definition) is 7. The van der Waals surface area contributed by atoms with E-state index in [9.17, 15) is 9.59 Å². The zero-order valence-corrected chi connectivity index (χ0v) is 17.6. The van der Waals surface area contributed by atoms with E-state index in [1.54, 1.807) is 19.9 Å². The highest BCUT2D eigenvalue weighted by Gasteiger charge is 2.65. The molecule has 0 aromatic rings. The van der Waals surface area contributed by atoms with Crippen LogP contribution in [0.4, 0.5) is 0 Å². The maximum atomic E-state index is 13.0. The van der Waals surface area contributed by atoms with Crippen molar-refractivity contribution in [3.63, 3.8) is 0 Å². The van der Waals surface area contributed by atoms with E-state index in [1.807, 2.05) is 0 Å². The molecule has 3 heterocycles. The molecule has 162 valence electrons. The van der Waals surface area contributed by atoms with Crippen LogP contribution in [0.2, 0.25) is 0 Å². The average molecular weight is 416 g/mol. The summed E-state index contributed by atoms with van der Waals surface area (Å²) in [6, 6.07) is 0. The Morgan fingerprint density at radius 3 is 2.70 bits per heavy atom. The first-order valence-corrected chi connectivity index (χ1v) is 10.6. The SMILES string of the molecule is C=C1C(=O)OC2C1C(OC(=O)C1=CCOC(C)(C)OC1)CC1(CO1)C1CC=C(C)C21. The summed E-state index contributed by atoms with van der Waals surface area (Å²) in [4.78, 5) is 25.4. The van der Waals surface area contributed by atoms with Gasteiger partial charge in [-0.15, -0.1) is 0 Å². The Bertz CT molecular complexity index is 863. The van der Waals surface area contributed by atoms with Crippen molar-refractivity contribution >= 4 is 11.9 Å². The second-order valence-corrected chi connectivity index (χ2v) is 9.47. The monoisotopic (exact) mass is 416 g/mol. The van der Waals surface area contributed by atoms with E-state index in [2.05, 4.69) is 19.6 Å². The third-order valence-electron chi connectivity index (χ3n) is 7.26. The average Bonchev–Trinajstić information content (AvgIpc) is 3.33. The highest BCUT2D eigenvalue weighted by Crippen LogP contribution is 2.58. The second kappa shape index (κ2) is 6.77. The van der Waals surface area contributed by atoms with Gasteiger partial charge in [0.15, 0.2) is 5.79 Å². The smallest absolute Gasteiger partial charge is 0.336 e. The Morgan fingerprint density at radius 1 is 1.20 bits per heavy atom. The van der Waals surface area contributed by atoms with Crippen molar-refractivity contribution in [2.75, 3.05) is 19.8 Å². The number of hydrogen-bond donors (Lipinski definition) is 0. The number of carbonyl (C=O) groups is 2. The predicted molar refractivity (Wildman–Crippen MR) is 105 cm³/mol. The molecule has 7 heteroatoms. The van der Waals surface area contributed by atoms with E-state index < -0.39 is 23.8 Å². The third kappa shape index (κ3) is 3.15. The molecular formula is C23H28O7. The van der Waals surface area contributed by atoms with Crippen molar-refractivity contribution in [2.45, 2.75) is 57.2 Å². The largest absolute Gasteiger partial charge is 0.458 e. The van der Waals surface area contributed by atoms with Crippen LogP contribution in [-0.2, 0) is 33.3 Å². The number of esters is 2. The summed E-state index contributed by atoms with van der Waals surface area (Å²) >= 11 is 0. The Morgan fingerprint density at radius 2 is 1.97 bits per heavy atom. The maximum absolute atomic E-state index is 13.0. The number of ether oxygens (including phenoxy) is 5. The minimum absolute atomic E-state index is 0.0685. The fourth-order valence-electron chi connectivity index (χ4n) is 5.49. The summed E-state index contributed by atoms with van der Waals surface area (Å²) in [6.07, 6.45) is 4.41. The molecule has 0 bridgehead atoms. The molecule has 30 heavy (non-hydrogen) atoms. The first-order valence-electron chi connectivity index (χ1n) is 10.6. The molecule has 0 amide bonds. The van der Waals surface area contributed by atoms with Gasteiger partial charge in [0, 0.05) is 23.8 Å². The van der Waals surface area contributed by atoms with Crippen molar-refractivity contribution in [2.24, 2.45) is 17.8 Å². The number of allylic oxidation sites excluding steroid dienone is 1. The van der Waals surface area contributed by atoms with Crippen LogP contribution in [0, 0.1) is 17.8 Å². The maximum Gasteiger partial charge on any atom is 0.336 e. The van der Waals surface area contributed by atoms with Gasteiger partial charge in [0.1, 0.15) is 12.2 Å². The van der Waals surface area contributed by atoms with Gasteiger partial charge in [-0.05, 0) is 33.3 Å². The lowest BCUT2D eigenvalue weighted by molar-refractivity contribution is -0.197. The first-order chi connectivity index (χ1) is 14.2. The van der Waals surface area contributed by atoms with Crippen LogP contribution >= 0.6 is 0 Å². The highest BCUT2D eigenvalue weighted by molar-refractivity contribution is 5.92. The second-order valence-electron chi connectivity index (χ2n) is 9.47.